The molecule has 0 heterocycles. The van der Waals surface area contributed by atoms with E-state index in [1.165, 1.54) is 17.0 Å². The van der Waals surface area contributed by atoms with Crippen LogP contribution in [0.4, 0.5) is 5.69 Å². The predicted molar refractivity (Wildman–Crippen MR) is 171 cm³/mol. The summed E-state index contributed by atoms with van der Waals surface area (Å²) in [7, 11) is -4.12. The number of nitrogens with zero attached hydrogens (tertiary/aromatic N) is 2. The summed E-state index contributed by atoms with van der Waals surface area (Å²) < 4.78 is 29.3. The number of benzene rings is 4. The fourth-order valence-corrected chi connectivity index (χ4v) is 6.39. The van der Waals surface area contributed by atoms with Crippen molar-refractivity contribution in [3.05, 3.63) is 131 Å². The molecule has 0 aliphatic rings. The zero-order valence-electron chi connectivity index (χ0n) is 24.9. The van der Waals surface area contributed by atoms with Crippen LogP contribution in [0.3, 0.4) is 0 Å². The summed E-state index contributed by atoms with van der Waals surface area (Å²) in [5.41, 5.74) is 3.93. The quantitative estimate of drug-likeness (QED) is 0.215. The van der Waals surface area contributed by atoms with Gasteiger partial charge in [-0.05, 0) is 55.2 Å². The molecule has 0 aromatic heterocycles. The summed E-state index contributed by atoms with van der Waals surface area (Å²) in [4.78, 5) is 29.7. The molecule has 0 saturated heterocycles. The Bertz CT molecular complexity index is 1610. The van der Waals surface area contributed by atoms with E-state index in [0.717, 1.165) is 27.4 Å². The maximum atomic E-state index is 14.4. The van der Waals surface area contributed by atoms with Crippen molar-refractivity contribution in [3.8, 4) is 0 Å². The molecule has 8 heteroatoms. The number of sulfonamides is 1. The van der Waals surface area contributed by atoms with E-state index in [9.17, 15) is 18.0 Å². The van der Waals surface area contributed by atoms with E-state index in [0.29, 0.717) is 17.8 Å². The molecule has 0 bridgehead atoms. The van der Waals surface area contributed by atoms with Gasteiger partial charge in [-0.3, -0.25) is 13.9 Å². The van der Waals surface area contributed by atoms with Crippen molar-refractivity contribution >= 4 is 27.5 Å². The number of nitrogens with one attached hydrogen (secondary N) is 1. The Morgan fingerprint density at radius 3 is 2.00 bits per heavy atom. The molecular formula is C35H39N3O4S. The van der Waals surface area contributed by atoms with Crippen molar-refractivity contribution in [1.29, 1.82) is 0 Å². The minimum absolute atomic E-state index is 0.0812. The fourth-order valence-electron chi connectivity index (χ4n) is 4.89. The highest BCUT2D eigenvalue weighted by Crippen LogP contribution is 2.27. The molecule has 0 fully saturated rings. The maximum absolute atomic E-state index is 14.4. The number of carbonyl (C=O) groups is 2. The van der Waals surface area contributed by atoms with Crippen LogP contribution in [-0.2, 0) is 32.6 Å². The number of para-hydroxylation sites is 1. The van der Waals surface area contributed by atoms with Crippen molar-refractivity contribution in [3.63, 3.8) is 0 Å². The zero-order chi connectivity index (χ0) is 30.8. The summed E-state index contributed by atoms with van der Waals surface area (Å²) in [5, 5.41) is 2.97. The SMILES string of the molecule is CCCNC(=O)[C@H](Cc1ccccc1)N(Cc1ccc(C)cc1)C(=O)CN(c1ccccc1C)S(=O)(=O)c1ccccc1. The molecule has 4 aromatic carbocycles. The molecule has 0 saturated carbocycles. The van der Waals surface area contributed by atoms with Crippen molar-refractivity contribution in [2.45, 2.75) is 51.1 Å². The molecule has 0 unspecified atom stereocenters. The van der Waals surface area contributed by atoms with Gasteiger partial charge in [-0.25, -0.2) is 8.42 Å². The lowest BCUT2D eigenvalue weighted by atomic mass is 10.0. The molecule has 43 heavy (non-hydrogen) atoms. The van der Waals surface area contributed by atoms with Gasteiger partial charge in [0.05, 0.1) is 10.6 Å². The van der Waals surface area contributed by atoms with Gasteiger partial charge in [0.15, 0.2) is 0 Å². The Morgan fingerprint density at radius 2 is 1.37 bits per heavy atom. The molecule has 0 radical (unpaired) electrons. The molecule has 7 nitrogen and oxygen atoms in total. The number of hydrogen-bond donors (Lipinski definition) is 1. The molecule has 224 valence electrons. The van der Waals surface area contributed by atoms with Crippen LogP contribution < -0.4 is 9.62 Å². The minimum Gasteiger partial charge on any atom is -0.354 e. The van der Waals surface area contributed by atoms with Gasteiger partial charge in [0, 0.05) is 19.5 Å². The number of anilines is 1. The Morgan fingerprint density at radius 1 is 0.767 bits per heavy atom. The van der Waals surface area contributed by atoms with Gasteiger partial charge in [-0.15, -0.1) is 0 Å². The van der Waals surface area contributed by atoms with E-state index < -0.39 is 28.5 Å². The first kappa shape index (κ1) is 31.5. The fraction of sp³-hybridized carbons (Fsp3) is 0.257. The third kappa shape index (κ3) is 8.11. The van der Waals surface area contributed by atoms with Crippen LogP contribution in [0, 0.1) is 13.8 Å². The summed E-state index contributed by atoms with van der Waals surface area (Å²) in [6.07, 6.45) is 1.02. The van der Waals surface area contributed by atoms with Crippen LogP contribution in [0.2, 0.25) is 0 Å². The van der Waals surface area contributed by atoms with Crippen LogP contribution in [-0.4, -0.2) is 44.3 Å². The maximum Gasteiger partial charge on any atom is 0.264 e. The lowest BCUT2D eigenvalue weighted by Crippen LogP contribution is -2.53. The standard InChI is InChI=1S/C35H39N3O4S/c1-4-23-36-35(40)33(24-29-14-7-5-8-15-29)37(25-30-21-19-27(2)20-22-30)34(39)26-38(32-18-12-11-13-28(32)3)43(41,42)31-16-9-6-10-17-31/h5-22,33H,4,23-26H2,1-3H3,(H,36,40)/t33-/m0/s1. The molecule has 0 spiro atoms. The highest BCUT2D eigenvalue weighted by Gasteiger charge is 2.34. The number of carbonyl (C=O) groups excluding carboxylic acids is 2. The summed E-state index contributed by atoms with van der Waals surface area (Å²) in [5.74, 6) is -0.754. The molecule has 1 N–H and O–H groups in total. The number of hydrogen-bond acceptors (Lipinski definition) is 4. The van der Waals surface area contributed by atoms with Gasteiger partial charge in [0.25, 0.3) is 10.0 Å². The summed E-state index contributed by atoms with van der Waals surface area (Å²) in [6.45, 7) is 5.90. The molecule has 0 aliphatic carbocycles. The molecule has 4 rings (SSSR count). The average Bonchev–Trinajstić information content (AvgIpc) is 3.02. The minimum atomic E-state index is -4.12. The van der Waals surface area contributed by atoms with Crippen LogP contribution in [0.15, 0.2) is 114 Å². The van der Waals surface area contributed by atoms with E-state index >= 15 is 0 Å². The first-order valence-electron chi connectivity index (χ1n) is 14.5. The Labute approximate surface area is 255 Å². The number of amides is 2. The smallest absolute Gasteiger partial charge is 0.264 e. The van der Waals surface area contributed by atoms with Gasteiger partial charge in [-0.2, -0.15) is 0 Å². The van der Waals surface area contributed by atoms with Crippen molar-refractivity contribution in [2.24, 2.45) is 0 Å². The third-order valence-electron chi connectivity index (χ3n) is 7.29. The van der Waals surface area contributed by atoms with E-state index in [1.807, 2.05) is 87.5 Å². The van der Waals surface area contributed by atoms with E-state index in [-0.39, 0.29) is 23.8 Å². The monoisotopic (exact) mass is 597 g/mol. The van der Waals surface area contributed by atoms with Gasteiger partial charge in [0.2, 0.25) is 11.8 Å². The van der Waals surface area contributed by atoms with Crippen molar-refractivity contribution in [1.82, 2.24) is 10.2 Å². The molecule has 2 amide bonds. The number of rotatable bonds is 13. The molecular weight excluding hydrogens is 558 g/mol. The first-order chi connectivity index (χ1) is 20.7. The summed E-state index contributed by atoms with van der Waals surface area (Å²) in [6, 6.07) is 31.6. The van der Waals surface area contributed by atoms with Crippen LogP contribution in [0.1, 0.15) is 35.6 Å². The lowest BCUT2D eigenvalue weighted by molar-refractivity contribution is -0.140. The van der Waals surface area contributed by atoms with Crippen LogP contribution in [0.25, 0.3) is 0 Å². The first-order valence-corrected chi connectivity index (χ1v) is 15.9. The summed E-state index contributed by atoms with van der Waals surface area (Å²) >= 11 is 0. The van der Waals surface area contributed by atoms with Crippen LogP contribution >= 0.6 is 0 Å². The van der Waals surface area contributed by atoms with Crippen LogP contribution in [0.5, 0.6) is 0 Å². The highest BCUT2D eigenvalue weighted by molar-refractivity contribution is 7.92. The normalized spacial score (nSPS) is 11.9. The van der Waals surface area contributed by atoms with E-state index in [4.69, 9.17) is 0 Å². The van der Waals surface area contributed by atoms with Gasteiger partial charge in [0.1, 0.15) is 12.6 Å². The second kappa shape index (κ2) is 14.6. The number of aryl methyl sites for hydroxylation is 2. The molecule has 0 aliphatic heterocycles. The topological polar surface area (TPSA) is 86.8 Å². The average molecular weight is 598 g/mol. The molecule has 4 aromatic rings. The second-order valence-electron chi connectivity index (χ2n) is 10.6. The van der Waals surface area contributed by atoms with Gasteiger partial charge >= 0.3 is 0 Å². The largest absolute Gasteiger partial charge is 0.354 e. The zero-order valence-corrected chi connectivity index (χ0v) is 25.8. The third-order valence-corrected chi connectivity index (χ3v) is 9.06. The lowest BCUT2D eigenvalue weighted by Gasteiger charge is -2.34. The Kier molecular flexibility index (Phi) is 10.7. The second-order valence-corrected chi connectivity index (χ2v) is 12.5. The van der Waals surface area contributed by atoms with Crippen molar-refractivity contribution in [2.75, 3.05) is 17.4 Å². The van der Waals surface area contributed by atoms with Gasteiger partial charge in [-0.1, -0.05) is 103 Å². The van der Waals surface area contributed by atoms with E-state index in [1.54, 1.807) is 30.3 Å². The van der Waals surface area contributed by atoms with Crippen molar-refractivity contribution < 1.29 is 18.0 Å². The highest BCUT2D eigenvalue weighted by atomic mass is 32.2. The molecule has 1 atom stereocenters. The Balaban J connectivity index is 1.79. The predicted octanol–water partition coefficient (Wildman–Crippen LogP) is 5.67. The Hall–Kier alpha value is -4.43. The van der Waals surface area contributed by atoms with E-state index in [2.05, 4.69) is 5.32 Å². The van der Waals surface area contributed by atoms with Gasteiger partial charge < -0.3 is 10.2 Å².